The maximum absolute atomic E-state index is 5.76. The minimum absolute atomic E-state index is 0.751. The quantitative estimate of drug-likeness (QED) is 0.890. The van der Waals surface area contributed by atoms with Crippen molar-refractivity contribution >= 4 is 0 Å². The second-order valence-electron chi connectivity index (χ2n) is 5.95. The first-order chi connectivity index (χ1) is 9.36. The lowest BCUT2D eigenvalue weighted by Gasteiger charge is -2.39. The number of hydrogen-bond donors (Lipinski definition) is 1. The largest absolute Gasteiger partial charge is 0.330 e. The molecule has 2 N–H and O–H groups in total. The third kappa shape index (κ3) is 2.99. The predicted octanol–water partition coefficient (Wildman–Crippen LogP) is 1.54. The summed E-state index contributed by atoms with van der Waals surface area (Å²) in [6.45, 7) is 6.89. The van der Waals surface area contributed by atoms with E-state index in [-0.39, 0.29) is 0 Å². The Morgan fingerprint density at radius 1 is 1.11 bits per heavy atom. The van der Waals surface area contributed by atoms with Crippen LogP contribution in [0.1, 0.15) is 18.4 Å². The van der Waals surface area contributed by atoms with Crippen molar-refractivity contribution in [3.63, 3.8) is 0 Å². The van der Waals surface area contributed by atoms with Gasteiger partial charge in [-0.15, -0.1) is 0 Å². The van der Waals surface area contributed by atoms with Gasteiger partial charge < -0.3 is 5.73 Å². The van der Waals surface area contributed by atoms with Gasteiger partial charge in [-0.2, -0.15) is 0 Å². The summed E-state index contributed by atoms with van der Waals surface area (Å²) in [6, 6.07) is 11.6. The van der Waals surface area contributed by atoms with Crippen LogP contribution in [0.5, 0.6) is 0 Å². The van der Waals surface area contributed by atoms with Crippen molar-refractivity contribution in [2.75, 3.05) is 32.7 Å². The summed E-state index contributed by atoms with van der Waals surface area (Å²) < 4.78 is 0. The zero-order valence-corrected chi connectivity index (χ0v) is 11.7. The van der Waals surface area contributed by atoms with Gasteiger partial charge in [0.1, 0.15) is 0 Å². The summed E-state index contributed by atoms with van der Waals surface area (Å²) in [4.78, 5) is 5.30. The number of nitrogens with zero attached hydrogens (tertiary/aromatic N) is 2. The summed E-state index contributed by atoms with van der Waals surface area (Å²) in [5, 5.41) is 0. The Labute approximate surface area is 116 Å². The molecule has 1 aromatic rings. The molecule has 1 aromatic carbocycles. The Bertz CT molecular complexity index is 392. The van der Waals surface area contributed by atoms with E-state index < -0.39 is 0 Å². The first-order valence-corrected chi connectivity index (χ1v) is 7.57. The van der Waals surface area contributed by atoms with Crippen LogP contribution in [0.15, 0.2) is 30.3 Å². The number of benzene rings is 1. The van der Waals surface area contributed by atoms with Crippen molar-refractivity contribution in [3.8, 4) is 0 Å². The van der Waals surface area contributed by atoms with Gasteiger partial charge in [0.25, 0.3) is 0 Å². The van der Waals surface area contributed by atoms with Gasteiger partial charge in [-0.05, 0) is 37.4 Å². The molecule has 2 atom stereocenters. The van der Waals surface area contributed by atoms with E-state index in [0.29, 0.717) is 0 Å². The van der Waals surface area contributed by atoms with Crippen LogP contribution >= 0.6 is 0 Å². The third-order valence-corrected chi connectivity index (χ3v) is 4.74. The second kappa shape index (κ2) is 6.04. The van der Waals surface area contributed by atoms with Crippen molar-refractivity contribution < 1.29 is 0 Å². The molecule has 0 aliphatic carbocycles. The van der Waals surface area contributed by atoms with E-state index >= 15 is 0 Å². The van der Waals surface area contributed by atoms with Gasteiger partial charge in [-0.25, -0.2) is 0 Å². The number of piperazine rings is 1. The van der Waals surface area contributed by atoms with Gasteiger partial charge in [0, 0.05) is 32.2 Å². The van der Waals surface area contributed by atoms with Crippen molar-refractivity contribution in [2.24, 2.45) is 11.7 Å². The molecule has 0 saturated carbocycles. The molecule has 19 heavy (non-hydrogen) atoms. The summed E-state index contributed by atoms with van der Waals surface area (Å²) in [6.07, 6.45) is 2.54. The molecule has 2 aliphatic heterocycles. The van der Waals surface area contributed by atoms with Crippen molar-refractivity contribution in [1.29, 1.82) is 0 Å². The van der Waals surface area contributed by atoms with Gasteiger partial charge in [-0.1, -0.05) is 30.3 Å². The molecule has 2 unspecified atom stereocenters. The molecule has 2 heterocycles. The maximum Gasteiger partial charge on any atom is 0.0253 e. The Morgan fingerprint density at radius 2 is 1.95 bits per heavy atom. The second-order valence-corrected chi connectivity index (χ2v) is 5.95. The molecule has 0 bridgehead atoms. The molecular formula is C16H25N3. The highest BCUT2D eigenvalue weighted by atomic mass is 15.3. The van der Waals surface area contributed by atoms with Crippen LogP contribution in [-0.2, 0) is 6.54 Å². The lowest BCUT2D eigenvalue weighted by molar-refractivity contribution is 0.0816. The number of nitrogens with two attached hydrogens (primary N) is 1. The molecule has 2 fully saturated rings. The SMILES string of the molecule is NCCC1CCN2CCN(Cc3ccccc3)CC12. The fourth-order valence-corrected chi connectivity index (χ4v) is 3.69. The highest BCUT2D eigenvalue weighted by molar-refractivity contribution is 5.14. The predicted molar refractivity (Wildman–Crippen MR) is 78.9 cm³/mol. The first-order valence-electron chi connectivity index (χ1n) is 7.57. The average molecular weight is 259 g/mol. The van der Waals surface area contributed by atoms with Crippen LogP contribution in [0.2, 0.25) is 0 Å². The number of fused-ring (bicyclic) bond motifs is 1. The normalized spacial score (nSPS) is 28.5. The monoisotopic (exact) mass is 259 g/mol. The number of hydrogen-bond acceptors (Lipinski definition) is 3. The Kier molecular flexibility index (Phi) is 4.16. The van der Waals surface area contributed by atoms with Crippen LogP contribution in [0.25, 0.3) is 0 Å². The Hall–Kier alpha value is -0.900. The third-order valence-electron chi connectivity index (χ3n) is 4.74. The molecule has 0 spiro atoms. The van der Waals surface area contributed by atoms with Gasteiger partial charge in [0.2, 0.25) is 0 Å². The number of rotatable bonds is 4. The zero-order valence-electron chi connectivity index (χ0n) is 11.7. The molecule has 2 saturated heterocycles. The lowest BCUT2D eigenvalue weighted by atomic mass is 9.95. The Morgan fingerprint density at radius 3 is 2.74 bits per heavy atom. The zero-order chi connectivity index (χ0) is 13.1. The van der Waals surface area contributed by atoms with Gasteiger partial charge in [-0.3, -0.25) is 9.80 Å². The van der Waals surface area contributed by atoms with Crippen LogP contribution < -0.4 is 5.73 Å². The van der Waals surface area contributed by atoms with E-state index in [9.17, 15) is 0 Å². The minimum atomic E-state index is 0.751. The molecule has 0 aromatic heterocycles. The maximum atomic E-state index is 5.76. The van der Waals surface area contributed by atoms with Gasteiger partial charge >= 0.3 is 0 Å². The molecular weight excluding hydrogens is 234 g/mol. The molecule has 104 valence electrons. The van der Waals surface area contributed by atoms with E-state index in [1.807, 2.05) is 0 Å². The molecule has 3 nitrogen and oxygen atoms in total. The topological polar surface area (TPSA) is 32.5 Å². The van der Waals surface area contributed by atoms with Crippen molar-refractivity contribution in [2.45, 2.75) is 25.4 Å². The first kappa shape index (κ1) is 13.1. The van der Waals surface area contributed by atoms with Crippen LogP contribution in [0.3, 0.4) is 0 Å². The molecule has 3 rings (SSSR count). The summed E-state index contributed by atoms with van der Waals surface area (Å²) in [5.74, 6) is 0.823. The highest BCUT2D eigenvalue weighted by Gasteiger charge is 2.37. The fourth-order valence-electron chi connectivity index (χ4n) is 3.69. The summed E-state index contributed by atoms with van der Waals surface area (Å²) >= 11 is 0. The van der Waals surface area contributed by atoms with Gasteiger partial charge in [0.05, 0.1) is 0 Å². The van der Waals surface area contributed by atoms with Crippen molar-refractivity contribution in [3.05, 3.63) is 35.9 Å². The minimum Gasteiger partial charge on any atom is -0.330 e. The lowest BCUT2D eigenvalue weighted by Crippen LogP contribution is -2.51. The average Bonchev–Trinajstić information content (AvgIpc) is 2.83. The van der Waals surface area contributed by atoms with E-state index in [1.165, 1.54) is 44.6 Å². The standard InChI is InChI=1S/C16H25N3/c17-8-6-15-7-9-19-11-10-18(13-16(15)19)12-14-4-2-1-3-5-14/h1-5,15-16H,6-13,17H2. The van der Waals surface area contributed by atoms with Crippen molar-refractivity contribution in [1.82, 2.24) is 9.80 Å². The highest BCUT2D eigenvalue weighted by Crippen LogP contribution is 2.30. The van der Waals surface area contributed by atoms with Crippen LogP contribution in [0.4, 0.5) is 0 Å². The smallest absolute Gasteiger partial charge is 0.0253 e. The summed E-state index contributed by atoms with van der Waals surface area (Å²) in [7, 11) is 0. The van der Waals surface area contributed by atoms with E-state index in [4.69, 9.17) is 5.73 Å². The molecule has 0 amide bonds. The molecule has 3 heteroatoms. The van der Waals surface area contributed by atoms with E-state index in [0.717, 1.165) is 25.0 Å². The van der Waals surface area contributed by atoms with Crippen LogP contribution in [0, 0.1) is 5.92 Å². The summed E-state index contributed by atoms with van der Waals surface area (Å²) in [5.41, 5.74) is 7.19. The fraction of sp³-hybridized carbons (Fsp3) is 0.625. The Balaban J connectivity index is 1.60. The van der Waals surface area contributed by atoms with E-state index in [2.05, 4.69) is 40.1 Å². The van der Waals surface area contributed by atoms with E-state index in [1.54, 1.807) is 0 Å². The van der Waals surface area contributed by atoms with Crippen LogP contribution in [-0.4, -0.2) is 48.6 Å². The molecule has 0 radical (unpaired) electrons. The van der Waals surface area contributed by atoms with Gasteiger partial charge in [0.15, 0.2) is 0 Å². The molecule has 2 aliphatic rings.